The van der Waals surface area contributed by atoms with Gasteiger partial charge in [0.15, 0.2) is 5.11 Å². The SMILES string of the molecule is Cc1cc(C2C(c3ccccn3)NC(=S)N2c2ccccc2O)c(C)n1-c1ccccn1. The number of phenolic OH excluding ortho intramolecular Hbond substituents is 1. The number of rotatable bonds is 4. The molecular formula is C25H23N5OS. The molecule has 160 valence electrons. The molecule has 32 heavy (non-hydrogen) atoms. The smallest absolute Gasteiger partial charge is 0.174 e. The first-order valence-corrected chi connectivity index (χ1v) is 10.9. The summed E-state index contributed by atoms with van der Waals surface area (Å²) >= 11 is 5.77. The second-order valence-corrected chi connectivity index (χ2v) is 8.22. The van der Waals surface area contributed by atoms with E-state index in [-0.39, 0.29) is 17.8 Å². The quantitative estimate of drug-likeness (QED) is 0.445. The van der Waals surface area contributed by atoms with Crippen LogP contribution in [-0.4, -0.2) is 24.8 Å². The molecule has 4 aromatic rings. The van der Waals surface area contributed by atoms with Gasteiger partial charge in [0.2, 0.25) is 0 Å². The van der Waals surface area contributed by atoms with Gasteiger partial charge in [-0.25, -0.2) is 4.98 Å². The number of aromatic nitrogens is 3. The van der Waals surface area contributed by atoms with Crippen molar-refractivity contribution in [3.63, 3.8) is 0 Å². The molecule has 0 saturated carbocycles. The molecule has 7 heteroatoms. The van der Waals surface area contributed by atoms with Gasteiger partial charge < -0.3 is 19.9 Å². The van der Waals surface area contributed by atoms with Crippen molar-refractivity contribution in [2.24, 2.45) is 0 Å². The first-order valence-electron chi connectivity index (χ1n) is 10.4. The van der Waals surface area contributed by atoms with E-state index in [4.69, 9.17) is 12.2 Å². The van der Waals surface area contributed by atoms with E-state index < -0.39 is 0 Å². The summed E-state index contributed by atoms with van der Waals surface area (Å²) in [4.78, 5) is 11.2. The van der Waals surface area contributed by atoms with E-state index in [0.29, 0.717) is 10.8 Å². The van der Waals surface area contributed by atoms with Gasteiger partial charge in [-0.3, -0.25) is 4.98 Å². The van der Waals surface area contributed by atoms with E-state index in [1.54, 1.807) is 18.5 Å². The molecule has 0 bridgehead atoms. The summed E-state index contributed by atoms with van der Waals surface area (Å²) in [6.45, 7) is 4.17. The second-order valence-electron chi connectivity index (χ2n) is 7.84. The van der Waals surface area contributed by atoms with Crippen LogP contribution in [-0.2, 0) is 0 Å². The van der Waals surface area contributed by atoms with Crippen molar-refractivity contribution in [3.8, 4) is 11.6 Å². The number of benzene rings is 1. The van der Waals surface area contributed by atoms with Crippen molar-refractivity contribution in [3.05, 3.63) is 102 Å². The number of pyridine rings is 2. The molecule has 0 radical (unpaired) electrons. The van der Waals surface area contributed by atoms with Crippen molar-refractivity contribution in [1.82, 2.24) is 19.9 Å². The van der Waals surface area contributed by atoms with Gasteiger partial charge in [0.25, 0.3) is 0 Å². The summed E-state index contributed by atoms with van der Waals surface area (Å²) in [7, 11) is 0. The van der Waals surface area contributed by atoms with Crippen LogP contribution >= 0.6 is 12.2 Å². The Morgan fingerprint density at radius 2 is 1.66 bits per heavy atom. The Balaban J connectivity index is 1.70. The number of anilines is 1. The number of para-hydroxylation sites is 2. The minimum atomic E-state index is -0.200. The third-order valence-corrected chi connectivity index (χ3v) is 6.22. The third kappa shape index (κ3) is 3.31. The zero-order valence-electron chi connectivity index (χ0n) is 17.8. The average Bonchev–Trinajstić information content (AvgIpc) is 3.30. The maximum atomic E-state index is 10.7. The van der Waals surface area contributed by atoms with Crippen molar-refractivity contribution >= 4 is 23.0 Å². The third-order valence-electron chi connectivity index (χ3n) is 5.91. The highest BCUT2D eigenvalue weighted by atomic mass is 32.1. The highest BCUT2D eigenvalue weighted by Gasteiger charge is 2.43. The monoisotopic (exact) mass is 441 g/mol. The molecule has 2 atom stereocenters. The van der Waals surface area contributed by atoms with Crippen LogP contribution < -0.4 is 10.2 Å². The number of nitrogens with one attached hydrogen (secondary N) is 1. The Hall–Kier alpha value is -3.71. The minimum Gasteiger partial charge on any atom is -0.506 e. The van der Waals surface area contributed by atoms with Gasteiger partial charge in [-0.1, -0.05) is 24.3 Å². The van der Waals surface area contributed by atoms with Gasteiger partial charge in [-0.15, -0.1) is 0 Å². The topological polar surface area (TPSA) is 66.2 Å². The number of aromatic hydroxyl groups is 1. The van der Waals surface area contributed by atoms with Crippen LogP contribution in [0.15, 0.2) is 79.1 Å². The molecule has 6 nitrogen and oxygen atoms in total. The molecule has 2 unspecified atom stereocenters. The van der Waals surface area contributed by atoms with Gasteiger partial charge in [-0.05, 0) is 74.1 Å². The fourth-order valence-electron chi connectivity index (χ4n) is 4.52. The predicted octanol–water partition coefficient (Wildman–Crippen LogP) is 4.77. The normalized spacial score (nSPS) is 18.1. The lowest BCUT2D eigenvalue weighted by Gasteiger charge is -2.28. The molecule has 1 aromatic carbocycles. The molecule has 1 fully saturated rings. The average molecular weight is 442 g/mol. The van der Waals surface area contributed by atoms with E-state index in [0.717, 1.165) is 28.5 Å². The van der Waals surface area contributed by atoms with Crippen LogP contribution in [0.5, 0.6) is 5.75 Å². The van der Waals surface area contributed by atoms with E-state index in [1.165, 1.54) is 0 Å². The summed E-state index contributed by atoms with van der Waals surface area (Å²) in [5.41, 5.74) is 4.79. The van der Waals surface area contributed by atoms with Crippen LogP contribution in [0.1, 0.15) is 34.7 Å². The lowest BCUT2D eigenvalue weighted by Crippen LogP contribution is -2.29. The standard InChI is InChI=1S/C25H23N5OS/c1-16-15-18(17(2)29(16)22-12-6-8-14-27-22)24-23(19-9-5-7-13-26-19)28-25(32)30(24)20-10-3-4-11-21(20)31/h3-15,23-24,31H,1-2H3,(H,28,32). The van der Waals surface area contributed by atoms with Gasteiger partial charge in [-0.2, -0.15) is 0 Å². The summed E-state index contributed by atoms with van der Waals surface area (Å²) in [5.74, 6) is 1.05. The largest absolute Gasteiger partial charge is 0.506 e. The molecule has 0 spiro atoms. The summed E-state index contributed by atoms with van der Waals surface area (Å²) in [5, 5.41) is 14.7. The number of thiocarbonyl (C=S) groups is 1. The predicted molar refractivity (Wildman–Crippen MR) is 129 cm³/mol. The first-order chi connectivity index (χ1) is 15.6. The lowest BCUT2D eigenvalue weighted by atomic mass is 9.96. The number of phenols is 1. The second kappa shape index (κ2) is 8.09. The van der Waals surface area contributed by atoms with Crippen LogP contribution in [0.3, 0.4) is 0 Å². The van der Waals surface area contributed by atoms with E-state index in [1.807, 2.05) is 59.5 Å². The number of aryl methyl sites for hydroxylation is 1. The highest BCUT2D eigenvalue weighted by Crippen LogP contribution is 2.45. The van der Waals surface area contributed by atoms with E-state index >= 15 is 0 Å². The maximum Gasteiger partial charge on any atom is 0.174 e. The molecule has 2 N–H and O–H groups in total. The van der Waals surface area contributed by atoms with Crippen molar-refractivity contribution in [2.75, 3.05) is 4.90 Å². The molecule has 3 aromatic heterocycles. The van der Waals surface area contributed by atoms with Crippen molar-refractivity contribution < 1.29 is 5.11 Å². The fraction of sp³-hybridized carbons (Fsp3) is 0.160. The molecule has 5 rings (SSSR count). The minimum absolute atomic E-state index is 0.180. The van der Waals surface area contributed by atoms with Crippen LogP contribution in [0.25, 0.3) is 5.82 Å². The molecule has 4 heterocycles. The zero-order chi connectivity index (χ0) is 22.2. The molecule has 1 saturated heterocycles. The zero-order valence-corrected chi connectivity index (χ0v) is 18.6. The summed E-state index contributed by atoms with van der Waals surface area (Å²) in [6.07, 6.45) is 3.59. The maximum absolute atomic E-state index is 10.7. The van der Waals surface area contributed by atoms with Gasteiger partial charge in [0.05, 0.1) is 23.5 Å². The number of hydrogen-bond donors (Lipinski definition) is 2. The Bertz CT molecular complexity index is 1270. The Morgan fingerprint density at radius 1 is 0.938 bits per heavy atom. The summed E-state index contributed by atoms with van der Waals surface area (Å²) in [6, 6.07) is 20.8. The highest BCUT2D eigenvalue weighted by molar-refractivity contribution is 7.80. The summed E-state index contributed by atoms with van der Waals surface area (Å²) < 4.78 is 2.15. The molecule has 0 aliphatic carbocycles. The van der Waals surface area contributed by atoms with Crippen molar-refractivity contribution in [2.45, 2.75) is 25.9 Å². The van der Waals surface area contributed by atoms with Crippen LogP contribution in [0.2, 0.25) is 0 Å². The van der Waals surface area contributed by atoms with Gasteiger partial charge in [0.1, 0.15) is 11.6 Å². The molecule has 1 aliphatic rings. The molecule has 1 aliphatic heterocycles. The van der Waals surface area contributed by atoms with E-state index in [9.17, 15) is 5.11 Å². The van der Waals surface area contributed by atoms with Gasteiger partial charge in [0, 0.05) is 23.8 Å². The lowest BCUT2D eigenvalue weighted by molar-refractivity contribution is 0.472. The van der Waals surface area contributed by atoms with Crippen LogP contribution in [0, 0.1) is 13.8 Å². The Labute approximate surface area is 192 Å². The Kier molecular flexibility index (Phi) is 5.11. The number of nitrogens with zero attached hydrogens (tertiary/aromatic N) is 4. The molecule has 0 amide bonds. The molecular weight excluding hydrogens is 418 g/mol. The van der Waals surface area contributed by atoms with Crippen LogP contribution in [0.4, 0.5) is 5.69 Å². The number of hydrogen-bond acceptors (Lipinski definition) is 4. The van der Waals surface area contributed by atoms with Crippen molar-refractivity contribution in [1.29, 1.82) is 0 Å². The van der Waals surface area contributed by atoms with Gasteiger partial charge >= 0.3 is 0 Å². The van der Waals surface area contributed by atoms with E-state index in [2.05, 4.69) is 39.8 Å². The fourth-order valence-corrected chi connectivity index (χ4v) is 4.86. The Morgan fingerprint density at radius 3 is 2.34 bits per heavy atom. The first kappa shape index (κ1) is 20.2.